The monoisotopic (exact) mass is 187 g/mol. The number of hydrogen-bond acceptors (Lipinski definition) is 3. The average Bonchev–Trinajstić information content (AvgIpc) is 2.30. The molecule has 0 bridgehead atoms. The first-order valence-corrected chi connectivity index (χ1v) is 4.83. The molecule has 76 valence electrons. The molecule has 1 aliphatic rings. The van der Waals surface area contributed by atoms with Gasteiger partial charge in [-0.2, -0.15) is 0 Å². The summed E-state index contributed by atoms with van der Waals surface area (Å²) >= 11 is 0. The van der Waals surface area contributed by atoms with Gasteiger partial charge in [0.25, 0.3) is 0 Å². The number of rotatable bonds is 1. The van der Waals surface area contributed by atoms with Crippen LogP contribution >= 0.6 is 0 Å². The van der Waals surface area contributed by atoms with Crippen LogP contribution in [0, 0.1) is 0 Å². The van der Waals surface area contributed by atoms with E-state index in [0.29, 0.717) is 26.1 Å². The van der Waals surface area contributed by atoms with Crippen LogP contribution in [-0.4, -0.2) is 41.9 Å². The number of hydrogen-bond donors (Lipinski definition) is 1. The van der Waals surface area contributed by atoms with E-state index < -0.39 is 0 Å². The summed E-state index contributed by atoms with van der Waals surface area (Å²) in [5.74, 6) is 0. The van der Waals surface area contributed by atoms with Crippen LogP contribution in [0.2, 0.25) is 0 Å². The van der Waals surface area contributed by atoms with E-state index in [0.717, 1.165) is 12.8 Å². The lowest BCUT2D eigenvalue weighted by Crippen LogP contribution is -2.32. The predicted octanol–water partition coefficient (Wildman–Crippen LogP) is 0.990. The molecule has 1 atom stereocenters. The standard InChI is InChI=1S/C9H17NO3/c1-2-13-9(12)10-6-3-4-8(11)5-7-10/h8,11H,2-7H2,1H3/t8-/m1/s1. The third-order valence-electron chi connectivity index (χ3n) is 2.22. The summed E-state index contributed by atoms with van der Waals surface area (Å²) in [6.45, 7) is 3.53. The van der Waals surface area contributed by atoms with Crippen molar-refractivity contribution in [2.75, 3.05) is 19.7 Å². The summed E-state index contributed by atoms with van der Waals surface area (Å²) in [7, 11) is 0. The number of nitrogens with zero attached hydrogens (tertiary/aromatic N) is 1. The summed E-state index contributed by atoms with van der Waals surface area (Å²) in [6.07, 6.45) is 1.81. The lowest BCUT2D eigenvalue weighted by Gasteiger charge is -2.18. The van der Waals surface area contributed by atoms with Gasteiger partial charge in [0.2, 0.25) is 0 Å². The van der Waals surface area contributed by atoms with Gasteiger partial charge in [-0.15, -0.1) is 0 Å². The molecule has 4 heteroatoms. The van der Waals surface area contributed by atoms with E-state index in [1.165, 1.54) is 0 Å². The molecule has 0 aromatic rings. The van der Waals surface area contributed by atoms with Crippen LogP contribution in [0.15, 0.2) is 0 Å². The second-order valence-corrected chi connectivity index (χ2v) is 3.27. The first kappa shape index (κ1) is 10.3. The van der Waals surface area contributed by atoms with Gasteiger partial charge in [0.05, 0.1) is 12.7 Å². The maximum atomic E-state index is 11.3. The van der Waals surface area contributed by atoms with E-state index in [-0.39, 0.29) is 12.2 Å². The second kappa shape index (κ2) is 5.07. The van der Waals surface area contributed by atoms with E-state index in [2.05, 4.69) is 0 Å². The van der Waals surface area contributed by atoms with Crippen molar-refractivity contribution >= 4 is 6.09 Å². The molecule has 13 heavy (non-hydrogen) atoms. The van der Waals surface area contributed by atoms with Crippen LogP contribution < -0.4 is 0 Å². The first-order valence-electron chi connectivity index (χ1n) is 4.83. The van der Waals surface area contributed by atoms with Gasteiger partial charge in [-0.05, 0) is 26.2 Å². The lowest BCUT2D eigenvalue weighted by molar-refractivity contribution is 0.105. The SMILES string of the molecule is CCOC(=O)N1CCC[C@@H](O)CC1. The lowest BCUT2D eigenvalue weighted by atomic mass is 10.2. The number of carbonyl (C=O) groups is 1. The molecule has 0 spiro atoms. The highest BCUT2D eigenvalue weighted by Gasteiger charge is 2.19. The molecule has 0 unspecified atom stereocenters. The van der Waals surface area contributed by atoms with Crippen molar-refractivity contribution in [2.45, 2.75) is 32.3 Å². The Bertz CT molecular complexity index is 172. The van der Waals surface area contributed by atoms with Crippen LogP contribution in [0.25, 0.3) is 0 Å². The smallest absolute Gasteiger partial charge is 0.409 e. The zero-order chi connectivity index (χ0) is 9.68. The second-order valence-electron chi connectivity index (χ2n) is 3.27. The van der Waals surface area contributed by atoms with Crippen LogP contribution in [0.1, 0.15) is 26.2 Å². The first-order chi connectivity index (χ1) is 6.24. The minimum absolute atomic E-state index is 0.251. The quantitative estimate of drug-likeness (QED) is 0.666. The molecule has 1 saturated heterocycles. The van der Waals surface area contributed by atoms with Crippen molar-refractivity contribution in [3.8, 4) is 0 Å². The fraction of sp³-hybridized carbons (Fsp3) is 0.889. The zero-order valence-electron chi connectivity index (χ0n) is 8.03. The van der Waals surface area contributed by atoms with Crippen LogP contribution in [-0.2, 0) is 4.74 Å². The van der Waals surface area contributed by atoms with Gasteiger partial charge in [0.1, 0.15) is 0 Å². The molecule has 0 aliphatic carbocycles. The number of carbonyl (C=O) groups excluding carboxylic acids is 1. The van der Waals surface area contributed by atoms with Crippen LogP contribution in [0.4, 0.5) is 4.79 Å². The normalized spacial score (nSPS) is 23.8. The number of likely N-dealkylation sites (tertiary alicyclic amines) is 1. The minimum atomic E-state index is -0.253. The molecular formula is C9H17NO3. The Morgan fingerprint density at radius 1 is 1.54 bits per heavy atom. The largest absolute Gasteiger partial charge is 0.450 e. The van der Waals surface area contributed by atoms with Crippen LogP contribution in [0.3, 0.4) is 0 Å². The Morgan fingerprint density at radius 3 is 3.00 bits per heavy atom. The van der Waals surface area contributed by atoms with Gasteiger partial charge < -0.3 is 14.7 Å². The molecule has 1 fully saturated rings. The van der Waals surface area contributed by atoms with Gasteiger partial charge in [0, 0.05) is 13.1 Å². The highest BCUT2D eigenvalue weighted by atomic mass is 16.6. The van der Waals surface area contributed by atoms with Crippen molar-refractivity contribution in [1.29, 1.82) is 0 Å². The Balaban J connectivity index is 2.37. The molecule has 1 heterocycles. The molecule has 0 radical (unpaired) electrons. The third-order valence-corrected chi connectivity index (χ3v) is 2.22. The Hall–Kier alpha value is -0.770. The number of amides is 1. The molecule has 4 nitrogen and oxygen atoms in total. The van der Waals surface area contributed by atoms with Gasteiger partial charge in [0.15, 0.2) is 0 Å². The van der Waals surface area contributed by atoms with Gasteiger partial charge in [-0.25, -0.2) is 4.79 Å². The molecule has 1 rings (SSSR count). The summed E-state index contributed by atoms with van der Waals surface area (Å²) in [4.78, 5) is 12.9. The van der Waals surface area contributed by atoms with E-state index >= 15 is 0 Å². The highest BCUT2D eigenvalue weighted by Crippen LogP contribution is 2.11. The molecule has 0 aromatic heterocycles. The maximum absolute atomic E-state index is 11.3. The van der Waals surface area contributed by atoms with E-state index in [1.54, 1.807) is 11.8 Å². The van der Waals surface area contributed by atoms with Gasteiger partial charge in [-0.1, -0.05) is 0 Å². The van der Waals surface area contributed by atoms with Crippen molar-refractivity contribution < 1.29 is 14.6 Å². The van der Waals surface area contributed by atoms with Crippen molar-refractivity contribution in [1.82, 2.24) is 4.90 Å². The fourth-order valence-corrected chi connectivity index (χ4v) is 1.48. The predicted molar refractivity (Wildman–Crippen MR) is 48.5 cm³/mol. The molecule has 1 aliphatic heterocycles. The Morgan fingerprint density at radius 2 is 2.31 bits per heavy atom. The topological polar surface area (TPSA) is 49.8 Å². The minimum Gasteiger partial charge on any atom is -0.450 e. The van der Waals surface area contributed by atoms with Crippen molar-refractivity contribution in [2.24, 2.45) is 0 Å². The van der Waals surface area contributed by atoms with E-state index in [9.17, 15) is 9.90 Å². The summed E-state index contributed by atoms with van der Waals surface area (Å²) in [6, 6.07) is 0. The third kappa shape index (κ3) is 3.22. The average molecular weight is 187 g/mol. The van der Waals surface area contributed by atoms with Crippen LogP contribution in [0.5, 0.6) is 0 Å². The fourth-order valence-electron chi connectivity index (χ4n) is 1.48. The summed E-state index contributed by atoms with van der Waals surface area (Å²) < 4.78 is 4.88. The number of aliphatic hydroxyl groups is 1. The van der Waals surface area contributed by atoms with E-state index in [1.807, 2.05) is 0 Å². The Kier molecular flexibility index (Phi) is 4.02. The van der Waals surface area contributed by atoms with Gasteiger partial charge >= 0.3 is 6.09 Å². The molecule has 1 amide bonds. The summed E-state index contributed by atoms with van der Waals surface area (Å²) in [5, 5.41) is 9.34. The van der Waals surface area contributed by atoms with Crippen molar-refractivity contribution in [3.05, 3.63) is 0 Å². The summed E-state index contributed by atoms with van der Waals surface area (Å²) in [5.41, 5.74) is 0. The highest BCUT2D eigenvalue weighted by molar-refractivity contribution is 5.67. The molecule has 0 saturated carbocycles. The molecule has 0 aromatic carbocycles. The number of aliphatic hydroxyl groups excluding tert-OH is 1. The van der Waals surface area contributed by atoms with Crippen molar-refractivity contribution in [3.63, 3.8) is 0 Å². The Labute approximate surface area is 78.5 Å². The number of ether oxygens (including phenoxy) is 1. The maximum Gasteiger partial charge on any atom is 0.409 e. The van der Waals surface area contributed by atoms with Gasteiger partial charge in [-0.3, -0.25) is 0 Å². The molecule has 1 N–H and O–H groups in total. The molecular weight excluding hydrogens is 170 g/mol. The zero-order valence-corrected chi connectivity index (χ0v) is 8.03. The van der Waals surface area contributed by atoms with E-state index in [4.69, 9.17) is 4.74 Å².